The van der Waals surface area contributed by atoms with Crippen LogP contribution in [0.15, 0.2) is 12.2 Å². The van der Waals surface area contributed by atoms with Crippen LogP contribution in [0.5, 0.6) is 0 Å². The Morgan fingerprint density at radius 1 is 1.17 bits per heavy atom. The first-order valence-electron chi connectivity index (χ1n) is 7.80. The van der Waals surface area contributed by atoms with Crippen LogP contribution in [0.4, 0.5) is 0 Å². The van der Waals surface area contributed by atoms with Gasteiger partial charge in [-0.15, -0.1) is 0 Å². The van der Waals surface area contributed by atoms with Crippen LogP contribution in [0.2, 0.25) is 0 Å². The Bertz CT molecular complexity index is 266. The van der Waals surface area contributed by atoms with E-state index in [-0.39, 0.29) is 0 Å². The number of hydrogen-bond donors (Lipinski definition) is 2. The van der Waals surface area contributed by atoms with E-state index in [1.165, 1.54) is 38.5 Å². The van der Waals surface area contributed by atoms with E-state index >= 15 is 0 Å². The summed E-state index contributed by atoms with van der Waals surface area (Å²) in [5, 5.41) is 14.1. The van der Waals surface area contributed by atoms with Crippen molar-refractivity contribution in [3.63, 3.8) is 0 Å². The first-order valence-corrected chi connectivity index (χ1v) is 7.80. The van der Waals surface area contributed by atoms with Crippen LogP contribution in [0.25, 0.3) is 0 Å². The van der Waals surface area contributed by atoms with Crippen molar-refractivity contribution >= 4 is 0 Å². The van der Waals surface area contributed by atoms with E-state index in [0.29, 0.717) is 0 Å². The van der Waals surface area contributed by atoms with Crippen LogP contribution < -0.4 is 5.32 Å². The third kappa shape index (κ3) is 4.10. The van der Waals surface area contributed by atoms with Gasteiger partial charge < -0.3 is 10.4 Å². The Morgan fingerprint density at radius 2 is 1.94 bits per heavy atom. The minimum absolute atomic E-state index is 0.420. The summed E-state index contributed by atoms with van der Waals surface area (Å²) in [6.45, 7) is 4.14. The Morgan fingerprint density at radius 3 is 2.56 bits per heavy atom. The molecule has 0 aliphatic heterocycles. The molecule has 0 saturated heterocycles. The molecular formula is C16H29NO. The van der Waals surface area contributed by atoms with Gasteiger partial charge in [0.1, 0.15) is 0 Å². The summed E-state index contributed by atoms with van der Waals surface area (Å²) in [5.41, 5.74) is -0.420. The maximum Gasteiger partial charge on any atom is 0.0771 e. The lowest BCUT2D eigenvalue weighted by atomic mass is 9.78. The van der Waals surface area contributed by atoms with E-state index in [1.54, 1.807) is 0 Å². The van der Waals surface area contributed by atoms with Crippen LogP contribution in [-0.2, 0) is 0 Å². The molecule has 2 nitrogen and oxygen atoms in total. The molecule has 0 aromatic rings. The molecule has 18 heavy (non-hydrogen) atoms. The molecular weight excluding hydrogens is 222 g/mol. The second kappa shape index (κ2) is 6.72. The fourth-order valence-electron chi connectivity index (χ4n) is 3.35. The van der Waals surface area contributed by atoms with Gasteiger partial charge in [0.2, 0.25) is 0 Å². The second-order valence-electron chi connectivity index (χ2n) is 6.36. The molecule has 0 radical (unpaired) electrons. The molecule has 2 aliphatic rings. The number of nitrogens with one attached hydrogen (secondary N) is 1. The highest BCUT2D eigenvalue weighted by molar-refractivity contribution is 4.92. The van der Waals surface area contributed by atoms with Crippen molar-refractivity contribution in [1.29, 1.82) is 0 Å². The van der Waals surface area contributed by atoms with Crippen molar-refractivity contribution in [2.45, 2.75) is 63.9 Å². The van der Waals surface area contributed by atoms with Gasteiger partial charge in [0.05, 0.1) is 5.60 Å². The highest BCUT2D eigenvalue weighted by Crippen LogP contribution is 2.33. The van der Waals surface area contributed by atoms with Gasteiger partial charge in [0.15, 0.2) is 0 Å². The summed E-state index contributed by atoms with van der Waals surface area (Å²) in [5.74, 6) is 1.64. The molecule has 104 valence electrons. The van der Waals surface area contributed by atoms with Crippen LogP contribution in [0.3, 0.4) is 0 Å². The van der Waals surface area contributed by atoms with E-state index in [2.05, 4.69) is 24.4 Å². The zero-order chi connectivity index (χ0) is 12.8. The number of aliphatic hydroxyl groups is 1. The summed E-state index contributed by atoms with van der Waals surface area (Å²) < 4.78 is 0. The van der Waals surface area contributed by atoms with Crippen LogP contribution in [0.1, 0.15) is 58.3 Å². The first-order chi connectivity index (χ1) is 8.72. The van der Waals surface area contributed by atoms with Gasteiger partial charge in [-0.3, -0.25) is 0 Å². The van der Waals surface area contributed by atoms with E-state index in [1.807, 2.05) is 0 Å². The molecule has 0 amide bonds. The Hall–Kier alpha value is -0.340. The predicted molar refractivity (Wildman–Crippen MR) is 76.5 cm³/mol. The number of hydrogen-bond acceptors (Lipinski definition) is 2. The highest BCUT2D eigenvalue weighted by Gasteiger charge is 2.32. The first kappa shape index (κ1) is 14.1. The van der Waals surface area contributed by atoms with Gasteiger partial charge in [-0.25, -0.2) is 0 Å². The minimum Gasteiger partial charge on any atom is -0.389 e. The van der Waals surface area contributed by atoms with Gasteiger partial charge in [-0.05, 0) is 63.3 Å². The molecule has 0 aromatic carbocycles. The average molecular weight is 251 g/mol. The van der Waals surface area contributed by atoms with E-state index < -0.39 is 5.60 Å². The van der Waals surface area contributed by atoms with Crippen molar-refractivity contribution < 1.29 is 5.11 Å². The predicted octanol–water partition coefficient (Wildman–Crippen LogP) is 3.26. The topological polar surface area (TPSA) is 32.3 Å². The number of allylic oxidation sites excluding steroid dienone is 2. The third-order valence-electron chi connectivity index (χ3n) is 4.88. The Balaban J connectivity index is 1.65. The summed E-state index contributed by atoms with van der Waals surface area (Å²) in [7, 11) is 0. The maximum absolute atomic E-state index is 10.5. The van der Waals surface area contributed by atoms with E-state index in [0.717, 1.165) is 37.8 Å². The molecule has 2 rings (SSSR count). The standard InChI is InChI=1S/C16H29NO/c1-2-14-8-10-16(18,11-9-14)13-17-12-15-6-4-3-5-7-15/h3-4,14-15,17-18H,2,5-13H2,1H3. The van der Waals surface area contributed by atoms with Gasteiger partial charge in [0.25, 0.3) is 0 Å². The smallest absolute Gasteiger partial charge is 0.0771 e. The monoisotopic (exact) mass is 251 g/mol. The SMILES string of the molecule is CCC1CCC(O)(CNCC2CC=CCC2)CC1. The highest BCUT2D eigenvalue weighted by atomic mass is 16.3. The van der Waals surface area contributed by atoms with E-state index in [4.69, 9.17) is 0 Å². The largest absolute Gasteiger partial charge is 0.389 e. The fraction of sp³-hybridized carbons (Fsp3) is 0.875. The van der Waals surface area contributed by atoms with Crippen molar-refractivity contribution in [2.24, 2.45) is 11.8 Å². The van der Waals surface area contributed by atoms with Crippen molar-refractivity contribution in [3.05, 3.63) is 12.2 Å². The second-order valence-corrected chi connectivity index (χ2v) is 6.36. The summed E-state index contributed by atoms with van der Waals surface area (Å²) in [6.07, 6.45) is 14.0. The van der Waals surface area contributed by atoms with Gasteiger partial charge in [-0.1, -0.05) is 25.5 Å². The summed E-state index contributed by atoms with van der Waals surface area (Å²) in [6, 6.07) is 0. The van der Waals surface area contributed by atoms with E-state index in [9.17, 15) is 5.11 Å². The lowest BCUT2D eigenvalue weighted by molar-refractivity contribution is -0.00914. The summed E-state index contributed by atoms with van der Waals surface area (Å²) in [4.78, 5) is 0. The minimum atomic E-state index is -0.420. The molecule has 2 heteroatoms. The summed E-state index contributed by atoms with van der Waals surface area (Å²) >= 11 is 0. The molecule has 0 heterocycles. The number of rotatable bonds is 5. The molecule has 0 bridgehead atoms. The van der Waals surface area contributed by atoms with Gasteiger partial charge >= 0.3 is 0 Å². The lowest BCUT2D eigenvalue weighted by Gasteiger charge is -2.36. The molecule has 1 fully saturated rings. The molecule has 2 N–H and O–H groups in total. The molecule has 0 aromatic heterocycles. The zero-order valence-corrected chi connectivity index (χ0v) is 11.8. The normalized spacial score (nSPS) is 36.8. The third-order valence-corrected chi connectivity index (χ3v) is 4.88. The fourth-order valence-corrected chi connectivity index (χ4v) is 3.35. The average Bonchev–Trinajstić information content (AvgIpc) is 2.41. The van der Waals surface area contributed by atoms with Crippen molar-refractivity contribution in [3.8, 4) is 0 Å². The molecule has 1 saturated carbocycles. The molecule has 2 aliphatic carbocycles. The Kier molecular flexibility index (Phi) is 5.25. The quantitative estimate of drug-likeness (QED) is 0.735. The van der Waals surface area contributed by atoms with Crippen LogP contribution in [-0.4, -0.2) is 23.8 Å². The Labute approximate surface area is 112 Å². The zero-order valence-electron chi connectivity index (χ0n) is 11.8. The van der Waals surface area contributed by atoms with Crippen LogP contribution >= 0.6 is 0 Å². The molecule has 1 atom stereocenters. The van der Waals surface area contributed by atoms with Crippen LogP contribution in [0, 0.1) is 11.8 Å². The maximum atomic E-state index is 10.5. The van der Waals surface area contributed by atoms with Crippen molar-refractivity contribution in [1.82, 2.24) is 5.32 Å². The van der Waals surface area contributed by atoms with Crippen molar-refractivity contribution in [2.75, 3.05) is 13.1 Å². The molecule has 1 unspecified atom stereocenters. The lowest BCUT2D eigenvalue weighted by Crippen LogP contribution is -2.44. The molecule has 0 spiro atoms. The van der Waals surface area contributed by atoms with Gasteiger partial charge in [0, 0.05) is 6.54 Å². The van der Waals surface area contributed by atoms with Gasteiger partial charge in [-0.2, -0.15) is 0 Å².